The fourth-order valence-corrected chi connectivity index (χ4v) is 1.77. The molecule has 0 bridgehead atoms. The molecule has 1 rings (SSSR count). The van der Waals surface area contributed by atoms with Crippen LogP contribution in [-0.4, -0.2) is 12.6 Å². The Morgan fingerprint density at radius 1 is 1.62 bits per heavy atom. The third-order valence-electron chi connectivity index (χ3n) is 2.58. The molecule has 13 heavy (non-hydrogen) atoms. The molecule has 0 fully saturated rings. The highest BCUT2D eigenvalue weighted by Crippen LogP contribution is 2.36. The van der Waals surface area contributed by atoms with E-state index < -0.39 is 0 Å². The Morgan fingerprint density at radius 2 is 2.31 bits per heavy atom. The summed E-state index contributed by atoms with van der Waals surface area (Å²) >= 11 is 0. The Kier molecular flexibility index (Phi) is 3.12. The molecule has 0 N–H and O–H groups in total. The number of hydrogen-bond donors (Lipinski definition) is 0. The first-order chi connectivity index (χ1) is 6.08. The number of esters is 1. The monoisotopic (exact) mass is 182 g/mol. The van der Waals surface area contributed by atoms with E-state index >= 15 is 0 Å². The maximum absolute atomic E-state index is 11.5. The Bertz CT molecular complexity index is 226. The van der Waals surface area contributed by atoms with E-state index in [1.165, 1.54) is 6.42 Å². The normalized spacial score (nSPS) is 20.7. The van der Waals surface area contributed by atoms with Crippen LogP contribution in [0, 0.1) is 5.41 Å². The molecule has 1 aliphatic carbocycles. The van der Waals surface area contributed by atoms with Crippen LogP contribution in [0.3, 0.4) is 0 Å². The average Bonchev–Trinajstić information content (AvgIpc) is 2.03. The van der Waals surface area contributed by atoms with E-state index in [4.69, 9.17) is 4.74 Å². The van der Waals surface area contributed by atoms with Gasteiger partial charge in [0, 0.05) is 5.57 Å². The molecule has 0 amide bonds. The van der Waals surface area contributed by atoms with Gasteiger partial charge in [-0.15, -0.1) is 0 Å². The van der Waals surface area contributed by atoms with Crippen molar-refractivity contribution in [2.24, 2.45) is 5.41 Å². The molecule has 2 heteroatoms. The molecule has 0 aromatic carbocycles. The van der Waals surface area contributed by atoms with Gasteiger partial charge in [0.2, 0.25) is 0 Å². The zero-order valence-electron chi connectivity index (χ0n) is 8.72. The van der Waals surface area contributed by atoms with Crippen molar-refractivity contribution in [1.29, 1.82) is 0 Å². The van der Waals surface area contributed by atoms with E-state index in [2.05, 4.69) is 13.8 Å². The highest BCUT2D eigenvalue weighted by molar-refractivity contribution is 5.90. The number of carbonyl (C=O) groups is 1. The standard InChI is InChI=1S/C11H18O2/c1-4-13-10(12)9-7-5-6-8-11(9,2)3/h7H,4-6,8H2,1-3H3. The number of ether oxygens (including phenoxy) is 1. The Labute approximate surface area is 80.0 Å². The molecule has 0 aliphatic heterocycles. The van der Waals surface area contributed by atoms with Crippen molar-refractivity contribution in [1.82, 2.24) is 0 Å². The molecule has 0 spiro atoms. The third kappa shape index (κ3) is 2.33. The molecule has 74 valence electrons. The van der Waals surface area contributed by atoms with Gasteiger partial charge in [0.05, 0.1) is 6.61 Å². The quantitative estimate of drug-likeness (QED) is 0.614. The Hall–Kier alpha value is -0.790. The maximum atomic E-state index is 11.5. The van der Waals surface area contributed by atoms with Crippen LogP contribution in [0.4, 0.5) is 0 Å². The summed E-state index contributed by atoms with van der Waals surface area (Å²) in [4.78, 5) is 11.5. The molecule has 0 atom stereocenters. The first-order valence-electron chi connectivity index (χ1n) is 4.95. The second kappa shape index (κ2) is 3.95. The van der Waals surface area contributed by atoms with Gasteiger partial charge in [0.25, 0.3) is 0 Å². The molecule has 0 aromatic rings. The van der Waals surface area contributed by atoms with Crippen LogP contribution in [0.5, 0.6) is 0 Å². The minimum Gasteiger partial charge on any atom is -0.463 e. The van der Waals surface area contributed by atoms with Crippen LogP contribution in [0.1, 0.15) is 40.0 Å². The van der Waals surface area contributed by atoms with Crippen LogP contribution in [-0.2, 0) is 9.53 Å². The van der Waals surface area contributed by atoms with Crippen LogP contribution in [0.25, 0.3) is 0 Å². The lowest BCUT2D eigenvalue weighted by molar-refractivity contribution is -0.139. The molecular formula is C11H18O2. The Morgan fingerprint density at radius 3 is 2.85 bits per heavy atom. The van der Waals surface area contributed by atoms with Gasteiger partial charge >= 0.3 is 5.97 Å². The van der Waals surface area contributed by atoms with Gasteiger partial charge in [0.1, 0.15) is 0 Å². The van der Waals surface area contributed by atoms with Crippen LogP contribution in [0.2, 0.25) is 0 Å². The van der Waals surface area contributed by atoms with E-state index in [0.717, 1.165) is 18.4 Å². The van der Waals surface area contributed by atoms with Crippen molar-refractivity contribution in [3.63, 3.8) is 0 Å². The lowest BCUT2D eigenvalue weighted by Crippen LogP contribution is -2.25. The highest BCUT2D eigenvalue weighted by Gasteiger charge is 2.31. The molecule has 0 radical (unpaired) electrons. The lowest BCUT2D eigenvalue weighted by Gasteiger charge is -2.29. The summed E-state index contributed by atoms with van der Waals surface area (Å²) in [6, 6.07) is 0. The van der Waals surface area contributed by atoms with Gasteiger partial charge in [-0.05, 0) is 31.6 Å². The molecule has 0 saturated carbocycles. The minimum atomic E-state index is -0.132. The minimum absolute atomic E-state index is 0.00447. The van der Waals surface area contributed by atoms with E-state index in [0.29, 0.717) is 6.61 Å². The van der Waals surface area contributed by atoms with Crippen molar-refractivity contribution < 1.29 is 9.53 Å². The molecule has 0 unspecified atom stereocenters. The summed E-state index contributed by atoms with van der Waals surface area (Å²) < 4.78 is 5.01. The lowest BCUT2D eigenvalue weighted by atomic mass is 9.76. The molecular weight excluding hydrogens is 164 g/mol. The molecule has 0 saturated heterocycles. The number of allylic oxidation sites excluding steroid dienone is 1. The molecule has 0 aromatic heterocycles. The third-order valence-corrected chi connectivity index (χ3v) is 2.58. The number of rotatable bonds is 2. The smallest absolute Gasteiger partial charge is 0.334 e. The zero-order valence-corrected chi connectivity index (χ0v) is 8.72. The van der Waals surface area contributed by atoms with Gasteiger partial charge in [-0.3, -0.25) is 0 Å². The summed E-state index contributed by atoms with van der Waals surface area (Å²) in [5.74, 6) is -0.132. The van der Waals surface area contributed by atoms with Crippen LogP contribution >= 0.6 is 0 Å². The van der Waals surface area contributed by atoms with Crippen LogP contribution < -0.4 is 0 Å². The number of carbonyl (C=O) groups excluding carboxylic acids is 1. The maximum Gasteiger partial charge on any atom is 0.334 e. The predicted octanol–water partition coefficient (Wildman–Crippen LogP) is 2.69. The summed E-state index contributed by atoms with van der Waals surface area (Å²) in [5.41, 5.74) is 0.866. The fourth-order valence-electron chi connectivity index (χ4n) is 1.77. The van der Waals surface area contributed by atoms with Crippen LogP contribution in [0.15, 0.2) is 11.6 Å². The zero-order chi connectivity index (χ0) is 9.90. The van der Waals surface area contributed by atoms with Crippen molar-refractivity contribution in [2.75, 3.05) is 6.61 Å². The summed E-state index contributed by atoms with van der Waals surface area (Å²) in [5, 5.41) is 0. The average molecular weight is 182 g/mol. The largest absolute Gasteiger partial charge is 0.463 e. The molecule has 0 heterocycles. The summed E-state index contributed by atoms with van der Waals surface area (Å²) in [6.45, 7) is 6.52. The van der Waals surface area contributed by atoms with Crippen molar-refractivity contribution in [3.8, 4) is 0 Å². The van der Waals surface area contributed by atoms with Gasteiger partial charge in [-0.2, -0.15) is 0 Å². The van der Waals surface area contributed by atoms with E-state index in [1.807, 2.05) is 13.0 Å². The van der Waals surface area contributed by atoms with E-state index in [1.54, 1.807) is 0 Å². The molecule has 2 nitrogen and oxygen atoms in total. The van der Waals surface area contributed by atoms with Crippen molar-refractivity contribution in [3.05, 3.63) is 11.6 Å². The summed E-state index contributed by atoms with van der Waals surface area (Å²) in [6.07, 6.45) is 5.30. The summed E-state index contributed by atoms with van der Waals surface area (Å²) in [7, 11) is 0. The van der Waals surface area contributed by atoms with Gasteiger partial charge in [-0.1, -0.05) is 19.9 Å². The second-order valence-electron chi connectivity index (χ2n) is 4.11. The van der Waals surface area contributed by atoms with Crippen molar-refractivity contribution in [2.45, 2.75) is 40.0 Å². The van der Waals surface area contributed by atoms with E-state index in [-0.39, 0.29) is 11.4 Å². The first kappa shape index (κ1) is 10.3. The topological polar surface area (TPSA) is 26.3 Å². The first-order valence-corrected chi connectivity index (χ1v) is 4.95. The van der Waals surface area contributed by atoms with E-state index in [9.17, 15) is 4.79 Å². The van der Waals surface area contributed by atoms with Gasteiger partial charge in [-0.25, -0.2) is 4.79 Å². The van der Waals surface area contributed by atoms with Gasteiger partial charge in [0.15, 0.2) is 0 Å². The SMILES string of the molecule is CCOC(=O)C1=CCCCC1(C)C. The molecule has 1 aliphatic rings. The van der Waals surface area contributed by atoms with Gasteiger partial charge < -0.3 is 4.74 Å². The fraction of sp³-hybridized carbons (Fsp3) is 0.727. The predicted molar refractivity (Wildman–Crippen MR) is 52.3 cm³/mol. The highest BCUT2D eigenvalue weighted by atomic mass is 16.5. The van der Waals surface area contributed by atoms with Crippen molar-refractivity contribution >= 4 is 5.97 Å². The second-order valence-corrected chi connectivity index (χ2v) is 4.11. The number of hydrogen-bond acceptors (Lipinski definition) is 2. The Balaban J connectivity index is 2.76.